The molecule has 15 nitrogen and oxygen atoms in total. The first-order valence-electron chi connectivity index (χ1n) is 21.0. The Morgan fingerprint density at radius 2 is 1.38 bits per heavy atom. The third kappa shape index (κ3) is 6.23. The smallest absolute Gasteiger partial charge is 0.187 e. The molecule has 7 aliphatic rings. The highest BCUT2D eigenvalue weighted by atomic mass is 16.7. The molecule has 324 valence electrons. The van der Waals surface area contributed by atoms with Crippen LogP contribution in [0.2, 0.25) is 0 Å². The summed E-state index contributed by atoms with van der Waals surface area (Å²) in [6.45, 7) is 12.7. The van der Waals surface area contributed by atoms with Crippen LogP contribution in [0.5, 0.6) is 0 Å². The Morgan fingerprint density at radius 3 is 2.02 bits per heavy atom. The monoisotopic (exact) mass is 802 g/mol. The lowest BCUT2D eigenvalue weighted by Gasteiger charge is -2.63. The average molecular weight is 803 g/mol. The van der Waals surface area contributed by atoms with E-state index in [1.54, 1.807) is 0 Å². The van der Waals surface area contributed by atoms with Crippen LogP contribution in [0.15, 0.2) is 0 Å². The molecule has 15 heteroatoms. The lowest BCUT2D eigenvalue weighted by Crippen LogP contribution is -2.62. The van der Waals surface area contributed by atoms with Gasteiger partial charge in [0.2, 0.25) is 0 Å². The fourth-order valence-corrected chi connectivity index (χ4v) is 14.3. The Kier molecular flexibility index (Phi) is 11.3. The highest BCUT2D eigenvalue weighted by Crippen LogP contribution is 2.89. The third-order valence-corrected chi connectivity index (χ3v) is 17.5. The van der Waals surface area contributed by atoms with Gasteiger partial charge in [-0.3, -0.25) is 0 Å². The van der Waals surface area contributed by atoms with E-state index in [-0.39, 0.29) is 34.4 Å². The molecule has 2 aliphatic heterocycles. The first-order chi connectivity index (χ1) is 25.9. The van der Waals surface area contributed by atoms with Crippen molar-refractivity contribution in [1.29, 1.82) is 0 Å². The number of rotatable bonds is 10. The van der Waals surface area contributed by atoms with Gasteiger partial charge < -0.3 is 75.1 Å². The molecule has 7 fully saturated rings. The van der Waals surface area contributed by atoms with E-state index in [1.165, 1.54) is 13.8 Å². The zero-order valence-electron chi connectivity index (χ0n) is 34.0. The van der Waals surface area contributed by atoms with E-state index in [9.17, 15) is 56.2 Å². The maximum Gasteiger partial charge on any atom is 0.187 e. The number of aliphatic hydroxyl groups excluding tert-OH is 10. The number of fused-ring (bicyclic) bond motifs is 2. The number of hydrogen-bond donors (Lipinski definition) is 11. The topological polar surface area (TPSA) is 259 Å². The lowest BCUT2D eigenvalue weighted by atomic mass is 9.41. The van der Waals surface area contributed by atoms with Gasteiger partial charge in [0.15, 0.2) is 12.6 Å². The van der Waals surface area contributed by atoms with Crippen LogP contribution in [0.25, 0.3) is 0 Å². The van der Waals surface area contributed by atoms with E-state index in [4.69, 9.17) is 18.9 Å². The van der Waals surface area contributed by atoms with Crippen LogP contribution in [0.4, 0.5) is 0 Å². The summed E-state index contributed by atoms with van der Waals surface area (Å²) in [4.78, 5) is 0. The molecule has 56 heavy (non-hydrogen) atoms. The van der Waals surface area contributed by atoms with E-state index in [0.29, 0.717) is 18.3 Å². The molecule has 0 radical (unpaired) electrons. The molecular weight excluding hydrogens is 732 g/mol. The first-order valence-corrected chi connectivity index (χ1v) is 21.0. The SMILES string of the molecule is C[C@H](C(O[C@@H]1O[C@H](CO)[C@@H](O)[C@H](O)[C@H]1O)C(O)C(O)C(C)(C)O)[C@H]1[C@@H](O)C[C@@]2(C)[C@@H]3CC[C@H]4C(C)(C)[C@@H](O[C@@H]5OC[C@@H](O)[C@H](O)[C@H]5O)CC[C@@]45C[C@@]35CC[C@]12C. The predicted molar refractivity (Wildman–Crippen MR) is 197 cm³/mol. The molecule has 2 heterocycles. The molecule has 0 aromatic heterocycles. The van der Waals surface area contributed by atoms with Gasteiger partial charge in [-0.05, 0) is 116 Å². The molecule has 5 saturated carbocycles. The maximum atomic E-state index is 12.2. The van der Waals surface area contributed by atoms with E-state index in [0.717, 1.165) is 44.9 Å². The van der Waals surface area contributed by atoms with Gasteiger partial charge >= 0.3 is 0 Å². The average Bonchev–Trinajstić information content (AvgIpc) is 3.74. The molecule has 0 aromatic rings. The zero-order chi connectivity index (χ0) is 41.3. The van der Waals surface area contributed by atoms with Crippen molar-refractivity contribution in [1.82, 2.24) is 0 Å². The second-order valence-electron chi connectivity index (χ2n) is 20.8. The fraction of sp³-hybridized carbons (Fsp3) is 1.00. The second-order valence-corrected chi connectivity index (χ2v) is 20.8. The largest absolute Gasteiger partial charge is 0.394 e. The Hall–Kier alpha value is -0.600. The summed E-state index contributed by atoms with van der Waals surface area (Å²) < 4.78 is 24.1. The number of aliphatic hydroxyl groups is 11. The summed E-state index contributed by atoms with van der Waals surface area (Å²) >= 11 is 0. The van der Waals surface area contributed by atoms with Crippen LogP contribution in [0, 0.1) is 50.7 Å². The molecule has 7 rings (SSSR count). The first kappa shape index (κ1) is 43.5. The molecule has 22 atom stereocenters. The van der Waals surface area contributed by atoms with Gasteiger partial charge in [0.25, 0.3) is 0 Å². The van der Waals surface area contributed by atoms with Crippen molar-refractivity contribution in [3.8, 4) is 0 Å². The number of hydrogen-bond acceptors (Lipinski definition) is 15. The molecule has 11 N–H and O–H groups in total. The Morgan fingerprint density at radius 1 is 0.750 bits per heavy atom. The van der Waals surface area contributed by atoms with Gasteiger partial charge in [-0.2, -0.15) is 0 Å². The quantitative estimate of drug-likeness (QED) is 0.125. The van der Waals surface area contributed by atoms with Crippen molar-refractivity contribution in [2.75, 3.05) is 13.2 Å². The van der Waals surface area contributed by atoms with Gasteiger partial charge in [0.05, 0.1) is 37.1 Å². The highest BCUT2D eigenvalue weighted by Gasteiger charge is 2.83. The summed E-state index contributed by atoms with van der Waals surface area (Å²) in [7, 11) is 0. The van der Waals surface area contributed by atoms with Crippen LogP contribution < -0.4 is 0 Å². The Balaban J connectivity index is 1.14. The van der Waals surface area contributed by atoms with Crippen LogP contribution in [-0.4, -0.2) is 161 Å². The van der Waals surface area contributed by atoms with Gasteiger partial charge in [-0.1, -0.05) is 34.6 Å². The van der Waals surface area contributed by atoms with Crippen molar-refractivity contribution >= 4 is 0 Å². The molecule has 2 saturated heterocycles. The standard InChI is InChI=1S/C41H70O15/c1-18(32(31(50)33(51)37(4,5)52)56-35-30(49)28(47)27(46)21(15-42)54-35)25-19(43)14-39(7)23-9-8-22-36(2,3)24(55-34-29(48)26(45)20(44)16-53-34)10-11-40(22)17-41(23,40)13-12-38(25,39)6/h18-35,42-52H,8-17H2,1-7H3/t18-,19-,20+,21+,22-,23-,24-,25-,26-,27+,28-,29+,30+,31?,32?,33?,34-,35-,38+,39-,40+,41-/m0/s1. The van der Waals surface area contributed by atoms with Crippen molar-refractivity contribution in [3.05, 3.63) is 0 Å². The molecule has 0 bridgehead atoms. The molecule has 2 spiro atoms. The molecule has 0 amide bonds. The normalized spacial score (nSPS) is 53.5. The van der Waals surface area contributed by atoms with Crippen LogP contribution >= 0.6 is 0 Å². The van der Waals surface area contributed by atoms with Gasteiger partial charge in [-0.15, -0.1) is 0 Å². The van der Waals surface area contributed by atoms with Gasteiger partial charge in [0.1, 0.15) is 54.9 Å². The molecule has 0 aromatic carbocycles. The van der Waals surface area contributed by atoms with Crippen molar-refractivity contribution in [3.63, 3.8) is 0 Å². The highest BCUT2D eigenvalue weighted by molar-refractivity contribution is 5.31. The fourth-order valence-electron chi connectivity index (χ4n) is 14.3. The molecule has 5 aliphatic carbocycles. The van der Waals surface area contributed by atoms with Crippen LogP contribution in [-0.2, 0) is 18.9 Å². The van der Waals surface area contributed by atoms with Crippen molar-refractivity contribution < 1.29 is 75.1 Å². The summed E-state index contributed by atoms with van der Waals surface area (Å²) in [5, 5.41) is 119. The predicted octanol–water partition coefficient (Wildman–Crippen LogP) is -0.466. The van der Waals surface area contributed by atoms with Crippen LogP contribution in [0.3, 0.4) is 0 Å². The second kappa shape index (κ2) is 14.5. The summed E-state index contributed by atoms with van der Waals surface area (Å²) in [6.07, 6.45) is -11.7. The van der Waals surface area contributed by atoms with Crippen molar-refractivity contribution in [2.24, 2.45) is 50.7 Å². The van der Waals surface area contributed by atoms with Crippen molar-refractivity contribution in [2.45, 2.75) is 191 Å². The summed E-state index contributed by atoms with van der Waals surface area (Å²) in [5.74, 6) is -0.488. The molecule has 3 unspecified atom stereocenters. The minimum absolute atomic E-state index is 0.0638. The Bertz CT molecular complexity index is 1430. The zero-order valence-corrected chi connectivity index (χ0v) is 34.0. The van der Waals surface area contributed by atoms with Crippen LogP contribution in [0.1, 0.15) is 99.8 Å². The van der Waals surface area contributed by atoms with Gasteiger partial charge in [0, 0.05) is 0 Å². The summed E-state index contributed by atoms with van der Waals surface area (Å²) in [5.41, 5.74) is -2.65. The van der Waals surface area contributed by atoms with Gasteiger partial charge in [-0.25, -0.2) is 0 Å². The van der Waals surface area contributed by atoms with E-state index in [1.807, 2.05) is 6.92 Å². The minimum atomic E-state index is -1.76. The maximum absolute atomic E-state index is 12.2. The number of ether oxygens (including phenoxy) is 4. The summed E-state index contributed by atoms with van der Waals surface area (Å²) in [6, 6.07) is 0. The van der Waals surface area contributed by atoms with E-state index in [2.05, 4.69) is 27.7 Å². The molecular formula is C41H70O15. The minimum Gasteiger partial charge on any atom is -0.394 e. The van der Waals surface area contributed by atoms with E-state index >= 15 is 0 Å². The lowest BCUT2D eigenvalue weighted by molar-refractivity contribution is -0.328. The van der Waals surface area contributed by atoms with E-state index < -0.39 is 109 Å². The Labute approximate surface area is 329 Å². The third-order valence-electron chi connectivity index (χ3n) is 17.5.